The largest absolute Gasteiger partial charge is 0.122 e. The number of hydrogen-bond acceptors (Lipinski definition) is 0. The summed E-state index contributed by atoms with van der Waals surface area (Å²) in [6.45, 7) is 11.0. The molecule has 0 rings (SSSR count). The molecule has 0 saturated heterocycles. The first-order chi connectivity index (χ1) is 4.89. The number of alkyl halides is 1. The molecule has 1 heteroatoms. The lowest BCUT2D eigenvalue weighted by molar-refractivity contribution is 0.319. The first-order valence-corrected chi connectivity index (χ1v) is 4.77. The first kappa shape index (κ1) is 11.3. The highest BCUT2D eigenvalue weighted by molar-refractivity contribution is 6.21. The molecule has 0 saturated carbocycles. The molecule has 0 spiro atoms. The van der Waals surface area contributed by atoms with E-state index >= 15 is 0 Å². The minimum atomic E-state index is 0.255. The Morgan fingerprint density at radius 1 is 1.36 bits per heavy atom. The van der Waals surface area contributed by atoms with Gasteiger partial charge >= 0.3 is 0 Å². The van der Waals surface area contributed by atoms with Crippen LogP contribution in [0.1, 0.15) is 47.5 Å². The van der Waals surface area contributed by atoms with Crippen molar-refractivity contribution in [2.45, 2.75) is 52.8 Å². The Balaban J connectivity index is 3.83. The van der Waals surface area contributed by atoms with Crippen LogP contribution in [0.4, 0.5) is 0 Å². The van der Waals surface area contributed by atoms with Gasteiger partial charge in [-0.05, 0) is 17.8 Å². The van der Waals surface area contributed by atoms with Crippen molar-refractivity contribution < 1.29 is 0 Å². The molecule has 0 aromatic carbocycles. The second-order valence-electron chi connectivity index (χ2n) is 4.27. The molecule has 1 atom stereocenters. The summed E-state index contributed by atoms with van der Waals surface area (Å²) in [7, 11) is 0. The van der Waals surface area contributed by atoms with E-state index in [0.717, 1.165) is 6.42 Å². The zero-order valence-corrected chi connectivity index (χ0v) is 9.13. The molecule has 0 heterocycles. The summed E-state index contributed by atoms with van der Waals surface area (Å²) in [5.41, 5.74) is 0.393. The van der Waals surface area contributed by atoms with Crippen LogP contribution in [0.15, 0.2) is 0 Å². The zero-order chi connectivity index (χ0) is 9.07. The molecule has 0 nitrogen and oxygen atoms in total. The van der Waals surface area contributed by atoms with Gasteiger partial charge in [-0.2, -0.15) is 0 Å². The fourth-order valence-electron chi connectivity index (χ4n) is 0.834. The Kier molecular flexibility index (Phi) is 4.46. The smallest absolute Gasteiger partial charge is 0.0397 e. The van der Waals surface area contributed by atoms with Gasteiger partial charge in [0.15, 0.2) is 0 Å². The van der Waals surface area contributed by atoms with Crippen LogP contribution in [0.25, 0.3) is 0 Å². The van der Waals surface area contributed by atoms with Gasteiger partial charge in [-0.25, -0.2) is 0 Å². The summed E-state index contributed by atoms with van der Waals surface area (Å²) in [6, 6.07) is 0. The van der Waals surface area contributed by atoms with E-state index in [1.165, 1.54) is 12.3 Å². The van der Waals surface area contributed by atoms with Gasteiger partial charge in [-0.3, -0.25) is 0 Å². The summed E-state index contributed by atoms with van der Waals surface area (Å²) in [6.07, 6.45) is 2.29. The Morgan fingerprint density at radius 2 is 1.82 bits per heavy atom. The molecular formula is C10H20Cl. The van der Waals surface area contributed by atoms with Crippen molar-refractivity contribution in [1.82, 2.24) is 0 Å². The monoisotopic (exact) mass is 175 g/mol. The quantitative estimate of drug-likeness (QED) is 0.566. The molecule has 0 aliphatic rings. The van der Waals surface area contributed by atoms with Crippen molar-refractivity contribution in [2.75, 3.05) is 0 Å². The Bertz CT molecular complexity index is 105. The third-order valence-corrected chi connectivity index (χ3v) is 2.91. The van der Waals surface area contributed by atoms with Crippen molar-refractivity contribution in [1.29, 1.82) is 0 Å². The molecule has 0 amide bonds. The van der Waals surface area contributed by atoms with Crippen LogP contribution in [-0.2, 0) is 0 Å². The maximum Gasteiger partial charge on any atom is 0.0397 e. The van der Waals surface area contributed by atoms with Crippen LogP contribution in [-0.4, -0.2) is 5.38 Å². The highest BCUT2D eigenvalue weighted by atomic mass is 35.5. The molecule has 0 N–H and O–H groups in total. The van der Waals surface area contributed by atoms with Crippen LogP contribution < -0.4 is 0 Å². The minimum Gasteiger partial charge on any atom is -0.122 e. The molecular weight excluding hydrogens is 156 g/mol. The summed E-state index contributed by atoms with van der Waals surface area (Å²) >= 11 is 6.14. The molecule has 0 aliphatic carbocycles. The van der Waals surface area contributed by atoms with Crippen molar-refractivity contribution >= 4 is 11.6 Å². The maximum absolute atomic E-state index is 6.14. The summed E-state index contributed by atoms with van der Waals surface area (Å²) in [4.78, 5) is 0. The first-order valence-electron chi connectivity index (χ1n) is 4.33. The second-order valence-corrected chi connectivity index (χ2v) is 4.79. The SMILES string of the molecule is CCC(C)(C)CC(Cl)[C](C)C. The van der Waals surface area contributed by atoms with Gasteiger partial charge in [0.05, 0.1) is 0 Å². The lowest BCUT2D eigenvalue weighted by Crippen LogP contribution is -2.18. The van der Waals surface area contributed by atoms with Crippen LogP contribution in [0, 0.1) is 11.3 Å². The molecule has 1 unspecified atom stereocenters. The predicted molar refractivity (Wildman–Crippen MR) is 52.9 cm³/mol. The van der Waals surface area contributed by atoms with Crippen LogP contribution in [0.3, 0.4) is 0 Å². The van der Waals surface area contributed by atoms with Gasteiger partial charge in [0.2, 0.25) is 0 Å². The molecule has 0 fully saturated rings. The fourth-order valence-corrected chi connectivity index (χ4v) is 1.25. The zero-order valence-electron chi connectivity index (χ0n) is 8.37. The van der Waals surface area contributed by atoms with Crippen molar-refractivity contribution in [3.05, 3.63) is 5.92 Å². The van der Waals surface area contributed by atoms with Gasteiger partial charge < -0.3 is 0 Å². The van der Waals surface area contributed by atoms with Gasteiger partial charge in [-0.1, -0.05) is 41.0 Å². The van der Waals surface area contributed by atoms with Gasteiger partial charge in [0, 0.05) is 5.38 Å². The third-order valence-electron chi connectivity index (χ3n) is 2.32. The summed E-state index contributed by atoms with van der Waals surface area (Å²) < 4.78 is 0. The minimum absolute atomic E-state index is 0.255. The average molecular weight is 176 g/mol. The number of rotatable bonds is 4. The van der Waals surface area contributed by atoms with Crippen molar-refractivity contribution in [3.63, 3.8) is 0 Å². The maximum atomic E-state index is 6.14. The van der Waals surface area contributed by atoms with E-state index in [-0.39, 0.29) is 5.38 Å². The van der Waals surface area contributed by atoms with E-state index in [1.807, 2.05) is 0 Å². The predicted octanol–water partition coefficient (Wildman–Crippen LogP) is 4.03. The fraction of sp³-hybridized carbons (Fsp3) is 0.900. The summed E-state index contributed by atoms with van der Waals surface area (Å²) in [5, 5.41) is 0.255. The molecule has 11 heavy (non-hydrogen) atoms. The van der Waals surface area contributed by atoms with Gasteiger partial charge in [-0.15, -0.1) is 11.6 Å². The van der Waals surface area contributed by atoms with E-state index in [2.05, 4.69) is 34.6 Å². The Hall–Kier alpha value is 0.290. The van der Waals surface area contributed by atoms with Crippen molar-refractivity contribution in [3.8, 4) is 0 Å². The Morgan fingerprint density at radius 3 is 2.09 bits per heavy atom. The van der Waals surface area contributed by atoms with Gasteiger partial charge in [0.25, 0.3) is 0 Å². The van der Waals surface area contributed by atoms with E-state index < -0.39 is 0 Å². The van der Waals surface area contributed by atoms with Crippen LogP contribution in [0.2, 0.25) is 0 Å². The molecule has 0 aliphatic heterocycles. The lowest BCUT2D eigenvalue weighted by atomic mass is 9.83. The summed E-state index contributed by atoms with van der Waals surface area (Å²) in [5.74, 6) is 1.33. The standard InChI is InChI=1S/C10H20Cl/c1-6-10(4,5)7-9(11)8(2)3/h9H,6-7H2,1-5H3. The topological polar surface area (TPSA) is 0 Å². The second kappa shape index (κ2) is 4.35. The van der Waals surface area contributed by atoms with E-state index in [0.29, 0.717) is 5.41 Å². The third kappa shape index (κ3) is 4.68. The van der Waals surface area contributed by atoms with E-state index in [9.17, 15) is 0 Å². The lowest BCUT2D eigenvalue weighted by Gasteiger charge is -2.26. The average Bonchev–Trinajstić information content (AvgIpc) is 1.87. The van der Waals surface area contributed by atoms with E-state index in [1.54, 1.807) is 0 Å². The highest BCUT2D eigenvalue weighted by Gasteiger charge is 2.21. The highest BCUT2D eigenvalue weighted by Crippen LogP contribution is 2.31. The molecule has 0 bridgehead atoms. The van der Waals surface area contributed by atoms with E-state index in [4.69, 9.17) is 11.6 Å². The van der Waals surface area contributed by atoms with Crippen LogP contribution in [0.5, 0.6) is 0 Å². The molecule has 67 valence electrons. The van der Waals surface area contributed by atoms with Gasteiger partial charge in [0.1, 0.15) is 0 Å². The normalized spacial score (nSPS) is 15.5. The molecule has 0 aromatic heterocycles. The number of hydrogen-bond donors (Lipinski definition) is 0. The number of halogens is 1. The van der Waals surface area contributed by atoms with Crippen molar-refractivity contribution in [2.24, 2.45) is 5.41 Å². The molecule has 1 radical (unpaired) electrons. The van der Waals surface area contributed by atoms with Crippen LogP contribution >= 0.6 is 11.6 Å². The molecule has 0 aromatic rings. The Labute approximate surface area is 76.3 Å².